The first-order chi connectivity index (χ1) is 11.8. The van der Waals surface area contributed by atoms with Crippen LogP contribution in [0.2, 0.25) is 0 Å². The van der Waals surface area contributed by atoms with E-state index < -0.39 is 0 Å². The van der Waals surface area contributed by atoms with E-state index in [1.807, 2.05) is 59.3 Å². The van der Waals surface area contributed by atoms with Gasteiger partial charge in [-0.2, -0.15) is 5.26 Å². The molecule has 0 aliphatic carbocycles. The van der Waals surface area contributed by atoms with Gasteiger partial charge in [0.2, 0.25) is 5.95 Å². The molecule has 2 aromatic carbocycles. The SMILES string of the molecule is COc1ccc(-c2cnc(NC#N)n2-c2ccc(OC)cc2)cc1. The lowest BCUT2D eigenvalue weighted by atomic mass is 10.1. The average molecular weight is 320 g/mol. The van der Waals surface area contributed by atoms with Crippen LogP contribution in [0.1, 0.15) is 0 Å². The van der Waals surface area contributed by atoms with Gasteiger partial charge < -0.3 is 9.47 Å². The molecular formula is C18H16N4O2. The zero-order chi connectivity index (χ0) is 16.9. The molecule has 0 unspecified atom stereocenters. The van der Waals surface area contributed by atoms with Crippen molar-refractivity contribution in [2.75, 3.05) is 19.5 Å². The summed E-state index contributed by atoms with van der Waals surface area (Å²) in [6.45, 7) is 0. The normalized spacial score (nSPS) is 10.0. The van der Waals surface area contributed by atoms with E-state index in [-0.39, 0.29) is 0 Å². The van der Waals surface area contributed by atoms with Gasteiger partial charge in [0.25, 0.3) is 0 Å². The molecule has 6 heteroatoms. The Morgan fingerprint density at radius 1 is 0.958 bits per heavy atom. The maximum absolute atomic E-state index is 8.97. The predicted octanol–water partition coefficient (Wildman–Crippen LogP) is 3.45. The Kier molecular flexibility index (Phi) is 4.34. The fourth-order valence-electron chi connectivity index (χ4n) is 2.45. The highest BCUT2D eigenvalue weighted by Gasteiger charge is 2.13. The van der Waals surface area contributed by atoms with E-state index in [1.54, 1.807) is 20.4 Å². The Balaban J connectivity index is 2.10. The van der Waals surface area contributed by atoms with E-state index in [1.165, 1.54) is 0 Å². The van der Waals surface area contributed by atoms with E-state index in [0.29, 0.717) is 5.95 Å². The molecule has 1 aromatic heterocycles. The molecule has 0 radical (unpaired) electrons. The largest absolute Gasteiger partial charge is 0.497 e. The third kappa shape index (κ3) is 2.88. The molecule has 0 amide bonds. The third-order valence-electron chi connectivity index (χ3n) is 3.65. The van der Waals surface area contributed by atoms with Gasteiger partial charge in [-0.15, -0.1) is 0 Å². The van der Waals surface area contributed by atoms with Gasteiger partial charge in [-0.1, -0.05) is 0 Å². The fraction of sp³-hybridized carbons (Fsp3) is 0.111. The Morgan fingerprint density at radius 2 is 1.54 bits per heavy atom. The maximum Gasteiger partial charge on any atom is 0.221 e. The van der Waals surface area contributed by atoms with Crippen molar-refractivity contribution >= 4 is 5.95 Å². The molecule has 0 aliphatic rings. The number of nitrogens with zero attached hydrogens (tertiary/aromatic N) is 3. The summed E-state index contributed by atoms with van der Waals surface area (Å²) in [4.78, 5) is 4.31. The minimum absolute atomic E-state index is 0.452. The van der Waals surface area contributed by atoms with Crippen molar-refractivity contribution in [3.8, 4) is 34.6 Å². The predicted molar refractivity (Wildman–Crippen MR) is 91.3 cm³/mol. The van der Waals surface area contributed by atoms with Crippen LogP contribution in [0.25, 0.3) is 16.9 Å². The first-order valence-electron chi connectivity index (χ1n) is 7.28. The van der Waals surface area contributed by atoms with E-state index >= 15 is 0 Å². The van der Waals surface area contributed by atoms with Crippen LogP contribution in [0.5, 0.6) is 11.5 Å². The van der Waals surface area contributed by atoms with Gasteiger partial charge in [-0.05, 0) is 48.5 Å². The second-order valence-corrected chi connectivity index (χ2v) is 4.97. The number of benzene rings is 2. The molecule has 24 heavy (non-hydrogen) atoms. The van der Waals surface area contributed by atoms with Crippen molar-refractivity contribution in [3.05, 3.63) is 54.7 Å². The quantitative estimate of drug-likeness (QED) is 0.576. The molecule has 6 nitrogen and oxygen atoms in total. The number of nitrogens with one attached hydrogen (secondary N) is 1. The Morgan fingerprint density at radius 3 is 2.08 bits per heavy atom. The summed E-state index contributed by atoms with van der Waals surface area (Å²) < 4.78 is 12.3. The van der Waals surface area contributed by atoms with Crippen LogP contribution in [-0.4, -0.2) is 23.8 Å². The van der Waals surface area contributed by atoms with Crippen LogP contribution < -0.4 is 14.8 Å². The molecule has 0 atom stereocenters. The van der Waals surface area contributed by atoms with Crippen LogP contribution >= 0.6 is 0 Å². The van der Waals surface area contributed by atoms with Crippen molar-refractivity contribution in [2.45, 2.75) is 0 Å². The molecular weight excluding hydrogens is 304 g/mol. The van der Waals surface area contributed by atoms with Crippen LogP contribution in [0, 0.1) is 11.5 Å². The number of ether oxygens (including phenoxy) is 2. The summed E-state index contributed by atoms with van der Waals surface area (Å²) in [5.74, 6) is 2.00. The minimum Gasteiger partial charge on any atom is -0.497 e. The fourth-order valence-corrected chi connectivity index (χ4v) is 2.45. The zero-order valence-corrected chi connectivity index (χ0v) is 13.4. The topological polar surface area (TPSA) is 72.1 Å². The summed E-state index contributed by atoms with van der Waals surface area (Å²) in [6.07, 6.45) is 3.65. The second-order valence-electron chi connectivity index (χ2n) is 4.97. The molecule has 3 aromatic rings. The monoisotopic (exact) mass is 320 g/mol. The molecule has 0 saturated carbocycles. The van der Waals surface area contributed by atoms with Crippen molar-refractivity contribution < 1.29 is 9.47 Å². The lowest BCUT2D eigenvalue weighted by Gasteiger charge is -2.12. The number of hydrogen-bond donors (Lipinski definition) is 1. The Bertz CT molecular complexity index is 862. The van der Waals surface area contributed by atoms with Crippen molar-refractivity contribution in [1.82, 2.24) is 9.55 Å². The summed E-state index contributed by atoms with van der Waals surface area (Å²) >= 11 is 0. The van der Waals surface area contributed by atoms with Gasteiger partial charge in [-0.25, -0.2) is 4.98 Å². The molecule has 3 rings (SSSR count). The standard InChI is InChI=1S/C18H16N4O2/c1-23-15-7-3-13(4-8-15)17-11-20-18(21-12-19)22(17)14-5-9-16(24-2)10-6-14/h3-11H,1-2H3,(H,20,21). The van der Waals surface area contributed by atoms with Gasteiger partial charge in [0.05, 0.1) is 26.1 Å². The van der Waals surface area contributed by atoms with Gasteiger partial charge in [0.15, 0.2) is 6.19 Å². The highest BCUT2D eigenvalue weighted by Crippen LogP contribution is 2.29. The Hall–Kier alpha value is -3.46. The first-order valence-corrected chi connectivity index (χ1v) is 7.28. The first kappa shape index (κ1) is 15.4. The van der Waals surface area contributed by atoms with Crippen molar-refractivity contribution in [3.63, 3.8) is 0 Å². The maximum atomic E-state index is 8.97. The van der Waals surface area contributed by atoms with E-state index in [2.05, 4.69) is 10.3 Å². The molecule has 0 saturated heterocycles. The third-order valence-corrected chi connectivity index (χ3v) is 3.65. The number of nitriles is 1. The lowest BCUT2D eigenvalue weighted by molar-refractivity contribution is 0.414. The smallest absolute Gasteiger partial charge is 0.221 e. The van der Waals surface area contributed by atoms with E-state index in [9.17, 15) is 0 Å². The molecule has 1 heterocycles. The summed E-state index contributed by atoms with van der Waals surface area (Å²) in [5, 5.41) is 11.6. The second kappa shape index (κ2) is 6.75. The number of aromatic nitrogens is 2. The lowest BCUT2D eigenvalue weighted by Crippen LogP contribution is -2.03. The molecule has 1 N–H and O–H groups in total. The highest BCUT2D eigenvalue weighted by molar-refractivity contribution is 5.66. The highest BCUT2D eigenvalue weighted by atomic mass is 16.5. The Labute approximate surface area is 139 Å². The van der Waals surface area contributed by atoms with Gasteiger partial charge in [-0.3, -0.25) is 9.88 Å². The van der Waals surface area contributed by atoms with E-state index in [0.717, 1.165) is 28.4 Å². The van der Waals surface area contributed by atoms with Crippen LogP contribution in [0.3, 0.4) is 0 Å². The van der Waals surface area contributed by atoms with Crippen LogP contribution in [0.4, 0.5) is 5.95 Å². The molecule has 120 valence electrons. The minimum atomic E-state index is 0.452. The van der Waals surface area contributed by atoms with Gasteiger partial charge >= 0.3 is 0 Å². The van der Waals surface area contributed by atoms with Crippen molar-refractivity contribution in [2.24, 2.45) is 0 Å². The summed E-state index contributed by atoms with van der Waals surface area (Å²) in [7, 11) is 3.25. The number of anilines is 1. The van der Waals surface area contributed by atoms with E-state index in [4.69, 9.17) is 14.7 Å². The molecule has 0 fully saturated rings. The van der Waals surface area contributed by atoms with Crippen LogP contribution in [0.15, 0.2) is 54.7 Å². The summed E-state index contributed by atoms with van der Waals surface area (Å²) in [5.41, 5.74) is 2.70. The van der Waals surface area contributed by atoms with Crippen molar-refractivity contribution in [1.29, 1.82) is 5.26 Å². The van der Waals surface area contributed by atoms with Crippen LogP contribution in [-0.2, 0) is 0 Å². The number of methoxy groups -OCH3 is 2. The zero-order valence-electron chi connectivity index (χ0n) is 13.4. The number of rotatable bonds is 5. The molecule has 0 bridgehead atoms. The van der Waals surface area contributed by atoms with Gasteiger partial charge in [0, 0.05) is 11.3 Å². The summed E-state index contributed by atoms with van der Waals surface area (Å²) in [6, 6.07) is 15.2. The van der Waals surface area contributed by atoms with Gasteiger partial charge in [0.1, 0.15) is 11.5 Å². The molecule has 0 spiro atoms. The number of hydrogen-bond acceptors (Lipinski definition) is 5. The molecule has 0 aliphatic heterocycles. The number of imidazole rings is 1. The average Bonchev–Trinajstić information content (AvgIpc) is 3.06.